The van der Waals surface area contributed by atoms with Gasteiger partial charge < -0.3 is 10.0 Å². The second-order valence-electron chi connectivity index (χ2n) is 4.25. The van der Waals surface area contributed by atoms with Crippen LogP contribution in [0.5, 0.6) is 0 Å². The van der Waals surface area contributed by atoms with Gasteiger partial charge in [-0.05, 0) is 25.0 Å². The van der Waals surface area contributed by atoms with Crippen molar-refractivity contribution < 1.29 is 18.7 Å². The van der Waals surface area contributed by atoms with Crippen molar-refractivity contribution in [3.63, 3.8) is 0 Å². The van der Waals surface area contributed by atoms with E-state index in [1.165, 1.54) is 12.1 Å². The van der Waals surface area contributed by atoms with Crippen molar-refractivity contribution in [3.8, 4) is 0 Å². The maximum absolute atomic E-state index is 13.1. The minimum Gasteiger partial charge on any atom is -0.481 e. The van der Waals surface area contributed by atoms with Gasteiger partial charge in [0.25, 0.3) is 0 Å². The predicted octanol–water partition coefficient (Wildman–Crippen LogP) is 2.27. The molecule has 1 heterocycles. The third-order valence-corrected chi connectivity index (χ3v) is 2.98. The fraction of sp³-hybridized carbons (Fsp3) is 0.417. The summed E-state index contributed by atoms with van der Waals surface area (Å²) in [4.78, 5) is 12.6. The summed E-state index contributed by atoms with van der Waals surface area (Å²) >= 11 is 0. The van der Waals surface area contributed by atoms with E-state index in [4.69, 9.17) is 5.11 Å². The van der Waals surface area contributed by atoms with Gasteiger partial charge in [0.1, 0.15) is 11.6 Å². The van der Waals surface area contributed by atoms with Crippen molar-refractivity contribution in [1.82, 2.24) is 0 Å². The topological polar surface area (TPSA) is 40.5 Å². The number of carbonyl (C=O) groups is 1. The zero-order valence-corrected chi connectivity index (χ0v) is 9.20. The molecule has 3 nitrogen and oxygen atoms in total. The quantitative estimate of drug-likeness (QED) is 0.863. The lowest BCUT2D eigenvalue weighted by molar-refractivity contribution is -0.141. The Bertz CT molecular complexity index is 416. The van der Waals surface area contributed by atoms with Crippen LogP contribution in [0.3, 0.4) is 0 Å². The lowest BCUT2D eigenvalue weighted by Crippen LogP contribution is -2.38. The number of benzene rings is 1. The van der Waals surface area contributed by atoms with E-state index in [9.17, 15) is 13.6 Å². The molecule has 0 bridgehead atoms. The number of hydrogen-bond acceptors (Lipinski definition) is 2. The van der Waals surface area contributed by atoms with Gasteiger partial charge in [0.05, 0.1) is 5.92 Å². The van der Waals surface area contributed by atoms with Gasteiger partial charge >= 0.3 is 5.97 Å². The summed E-state index contributed by atoms with van der Waals surface area (Å²) in [5.74, 6) is -2.60. The highest BCUT2D eigenvalue weighted by atomic mass is 19.1. The first kappa shape index (κ1) is 11.8. The molecule has 0 aliphatic carbocycles. The molecule has 0 radical (unpaired) electrons. The normalized spacial score (nSPS) is 20.4. The Labute approximate surface area is 97.7 Å². The molecule has 1 fully saturated rings. The number of aliphatic carboxylic acids is 1. The highest BCUT2D eigenvalue weighted by Gasteiger charge is 2.25. The molecule has 1 N–H and O–H groups in total. The van der Waals surface area contributed by atoms with Crippen LogP contribution in [-0.4, -0.2) is 24.2 Å². The van der Waals surface area contributed by atoms with E-state index in [0.29, 0.717) is 25.2 Å². The number of anilines is 1. The first-order valence-corrected chi connectivity index (χ1v) is 5.50. The minimum atomic E-state index is -0.855. The predicted molar refractivity (Wildman–Crippen MR) is 58.9 cm³/mol. The molecule has 5 heteroatoms. The Morgan fingerprint density at radius 3 is 2.53 bits per heavy atom. The summed E-state index contributed by atoms with van der Waals surface area (Å²) in [6.07, 6.45) is 1.33. The number of nitrogens with zero attached hydrogens (tertiary/aromatic N) is 1. The molecule has 1 aromatic rings. The Balaban J connectivity index is 2.18. The minimum absolute atomic E-state index is 0.304. The fourth-order valence-electron chi connectivity index (χ4n) is 2.14. The zero-order chi connectivity index (χ0) is 12.4. The largest absolute Gasteiger partial charge is 0.481 e. The van der Waals surface area contributed by atoms with E-state index in [0.717, 1.165) is 12.5 Å². The van der Waals surface area contributed by atoms with Crippen LogP contribution in [0.15, 0.2) is 18.2 Å². The molecule has 0 amide bonds. The molecule has 0 spiro atoms. The van der Waals surface area contributed by atoms with Crippen LogP contribution in [0.4, 0.5) is 14.5 Å². The molecule has 2 rings (SSSR count). The second kappa shape index (κ2) is 4.69. The molecule has 1 aliphatic heterocycles. The molecule has 1 aliphatic rings. The van der Waals surface area contributed by atoms with Crippen LogP contribution in [0.1, 0.15) is 12.8 Å². The lowest BCUT2D eigenvalue weighted by atomic mass is 9.98. The van der Waals surface area contributed by atoms with Gasteiger partial charge in [-0.25, -0.2) is 8.78 Å². The Kier molecular flexibility index (Phi) is 3.26. The average molecular weight is 241 g/mol. The maximum atomic E-state index is 13.1. The SMILES string of the molecule is O=C(O)C1CCCN(c2cc(F)cc(F)c2)C1. The van der Waals surface area contributed by atoms with Gasteiger partial charge in [-0.15, -0.1) is 0 Å². The molecule has 1 saturated heterocycles. The van der Waals surface area contributed by atoms with Gasteiger partial charge in [0.2, 0.25) is 0 Å². The second-order valence-corrected chi connectivity index (χ2v) is 4.25. The summed E-state index contributed by atoms with van der Waals surface area (Å²) in [7, 11) is 0. The lowest BCUT2D eigenvalue weighted by Gasteiger charge is -2.32. The summed E-state index contributed by atoms with van der Waals surface area (Å²) in [6, 6.07) is 3.27. The van der Waals surface area contributed by atoms with Crippen LogP contribution in [0.2, 0.25) is 0 Å². The maximum Gasteiger partial charge on any atom is 0.308 e. The number of carboxylic acids is 1. The van der Waals surface area contributed by atoms with Crippen molar-refractivity contribution >= 4 is 11.7 Å². The van der Waals surface area contributed by atoms with Crippen molar-refractivity contribution in [3.05, 3.63) is 29.8 Å². The van der Waals surface area contributed by atoms with Gasteiger partial charge in [0.15, 0.2) is 0 Å². The van der Waals surface area contributed by atoms with Gasteiger partial charge in [0, 0.05) is 24.8 Å². The highest BCUT2D eigenvalue weighted by molar-refractivity contribution is 5.71. The Morgan fingerprint density at radius 2 is 1.94 bits per heavy atom. The van der Waals surface area contributed by atoms with Crippen molar-refractivity contribution in [1.29, 1.82) is 0 Å². The van der Waals surface area contributed by atoms with E-state index < -0.39 is 23.5 Å². The summed E-state index contributed by atoms with van der Waals surface area (Å²) in [5.41, 5.74) is 0.411. The number of halogens is 2. The molecule has 1 atom stereocenters. The average Bonchev–Trinajstić information content (AvgIpc) is 2.28. The molecule has 17 heavy (non-hydrogen) atoms. The smallest absolute Gasteiger partial charge is 0.308 e. The number of hydrogen-bond donors (Lipinski definition) is 1. The van der Waals surface area contributed by atoms with Gasteiger partial charge in [-0.3, -0.25) is 4.79 Å². The molecule has 1 unspecified atom stereocenters. The molecular formula is C12H13F2NO2. The van der Waals surface area contributed by atoms with Crippen LogP contribution in [0.25, 0.3) is 0 Å². The van der Waals surface area contributed by atoms with E-state index >= 15 is 0 Å². The molecule has 1 aromatic carbocycles. The molecule has 0 aromatic heterocycles. The van der Waals surface area contributed by atoms with Crippen molar-refractivity contribution in [2.24, 2.45) is 5.92 Å². The summed E-state index contributed by atoms with van der Waals surface area (Å²) in [5, 5.41) is 8.94. The van der Waals surface area contributed by atoms with Crippen LogP contribution in [0, 0.1) is 17.6 Å². The molecular weight excluding hydrogens is 228 g/mol. The van der Waals surface area contributed by atoms with Crippen molar-refractivity contribution in [2.75, 3.05) is 18.0 Å². The summed E-state index contributed by atoms with van der Waals surface area (Å²) < 4.78 is 26.1. The monoisotopic (exact) mass is 241 g/mol. The van der Waals surface area contributed by atoms with Crippen molar-refractivity contribution in [2.45, 2.75) is 12.8 Å². The van der Waals surface area contributed by atoms with E-state index in [1.54, 1.807) is 4.90 Å². The third-order valence-electron chi connectivity index (χ3n) is 2.98. The number of rotatable bonds is 2. The van der Waals surface area contributed by atoms with Gasteiger partial charge in [-0.2, -0.15) is 0 Å². The van der Waals surface area contributed by atoms with E-state index in [-0.39, 0.29) is 0 Å². The Hall–Kier alpha value is -1.65. The van der Waals surface area contributed by atoms with Gasteiger partial charge in [-0.1, -0.05) is 0 Å². The molecule has 92 valence electrons. The number of piperidine rings is 1. The number of carboxylic acid groups (broad SMARTS) is 1. The van der Waals surface area contributed by atoms with Crippen LogP contribution in [-0.2, 0) is 4.79 Å². The summed E-state index contributed by atoms with van der Waals surface area (Å²) in [6.45, 7) is 0.935. The highest BCUT2D eigenvalue weighted by Crippen LogP contribution is 2.24. The third kappa shape index (κ3) is 2.72. The van der Waals surface area contributed by atoms with E-state index in [1.807, 2.05) is 0 Å². The molecule has 0 saturated carbocycles. The first-order chi connectivity index (χ1) is 8.06. The zero-order valence-electron chi connectivity index (χ0n) is 9.20. The fourth-order valence-corrected chi connectivity index (χ4v) is 2.14. The Morgan fingerprint density at radius 1 is 1.29 bits per heavy atom. The van der Waals surface area contributed by atoms with Crippen LogP contribution >= 0.6 is 0 Å². The standard InChI is InChI=1S/C12H13F2NO2/c13-9-4-10(14)6-11(5-9)15-3-1-2-8(7-15)12(16)17/h4-6,8H,1-3,7H2,(H,16,17). The first-order valence-electron chi connectivity index (χ1n) is 5.50. The van der Waals surface area contributed by atoms with E-state index in [2.05, 4.69) is 0 Å². The van der Waals surface area contributed by atoms with Crippen LogP contribution < -0.4 is 4.90 Å².